The molecular formula is C16H21NO3. The predicted octanol–water partition coefficient (Wildman–Crippen LogP) is 2.77. The maximum atomic E-state index is 11.6. The highest BCUT2D eigenvalue weighted by Crippen LogP contribution is 2.05. The molecule has 4 nitrogen and oxygen atoms in total. The van der Waals surface area contributed by atoms with E-state index in [0.717, 1.165) is 24.0 Å². The molecule has 0 radical (unpaired) electrons. The lowest BCUT2D eigenvalue weighted by Gasteiger charge is -2.01. The molecule has 0 aliphatic carbocycles. The van der Waals surface area contributed by atoms with Gasteiger partial charge in [-0.2, -0.15) is 0 Å². The van der Waals surface area contributed by atoms with Gasteiger partial charge in [0.15, 0.2) is 0 Å². The molecule has 0 saturated heterocycles. The minimum atomic E-state index is -0.768. The Morgan fingerprint density at radius 3 is 2.75 bits per heavy atom. The zero-order valence-corrected chi connectivity index (χ0v) is 11.8. The van der Waals surface area contributed by atoms with Crippen LogP contribution in [0.25, 0.3) is 6.08 Å². The second-order valence-corrected chi connectivity index (χ2v) is 4.74. The van der Waals surface area contributed by atoms with Gasteiger partial charge in [-0.25, -0.2) is 0 Å². The zero-order valence-electron chi connectivity index (χ0n) is 11.8. The molecule has 0 aliphatic heterocycles. The fourth-order valence-corrected chi connectivity index (χ4v) is 1.79. The van der Waals surface area contributed by atoms with Gasteiger partial charge in [0.25, 0.3) is 0 Å². The molecule has 0 atom stereocenters. The molecule has 1 amide bonds. The van der Waals surface area contributed by atoms with E-state index in [0.29, 0.717) is 13.0 Å². The van der Waals surface area contributed by atoms with Gasteiger partial charge in [-0.15, -0.1) is 0 Å². The molecule has 1 rings (SSSR count). The van der Waals surface area contributed by atoms with E-state index in [2.05, 4.69) is 5.32 Å². The minimum absolute atomic E-state index is 0.121. The number of nitrogens with one attached hydrogen (secondary N) is 1. The van der Waals surface area contributed by atoms with E-state index in [1.807, 2.05) is 31.2 Å². The summed E-state index contributed by atoms with van der Waals surface area (Å²) in [4.78, 5) is 21.9. The Bertz CT molecular complexity index is 480. The number of hydrogen-bond donors (Lipinski definition) is 2. The van der Waals surface area contributed by atoms with Crippen LogP contribution in [0.15, 0.2) is 30.3 Å². The number of carboxylic acids is 1. The number of amides is 1. The summed E-state index contributed by atoms with van der Waals surface area (Å²) in [6, 6.07) is 7.92. The summed E-state index contributed by atoms with van der Waals surface area (Å²) in [5.41, 5.74) is 2.16. The van der Waals surface area contributed by atoms with Crippen LogP contribution < -0.4 is 5.32 Å². The Morgan fingerprint density at radius 1 is 1.25 bits per heavy atom. The van der Waals surface area contributed by atoms with Crippen molar-refractivity contribution in [3.05, 3.63) is 41.5 Å². The smallest absolute Gasteiger partial charge is 0.303 e. The quantitative estimate of drug-likeness (QED) is 0.566. The van der Waals surface area contributed by atoms with Gasteiger partial charge < -0.3 is 10.4 Å². The van der Waals surface area contributed by atoms with Crippen LogP contribution in [0.5, 0.6) is 0 Å². The van der Waals surface area contributed by atoms with Crippen molar-refractivity contribution in [3.63, 3.8) is 0 Å². The van der Waals surface area contributed by atoms with E-state index in [4.69, 9.17) is 5.11 Å². The average molecular weight is 275 g/mol. The van der Waals surface area contributed by atoms with Gasteiger partial charge in [-0.1, -0.05) is 36.2 Å². The summed E-state index contributed by atoms with van der Waals surface area (Å²) in [7, 11) is 0. The molecule has 0 fully saturated rings. The Morgan fingerprint density at radius 2 is 2.05 bits per heavy atom. The van der Waals surface area contributed by atoms with Crippen LogP contribution in [0.2, 0.25) is 0 Å². The van der Waals surface area contributed by atoms with Gasteiger partial charge in [0, 0.05) is 19.0 Å². The van der Waals surface area contributed by atoms with Crippen molar-refractivity contribution < 1.29 is 14.7 Å². The number of carbonyl (C=O) groups excluding carboxylic acids is 1. The highest BCUT2D eigenvalue weighted by molar-refractivity contribution is 5.91. The fraction of sp³-hybridized carbons (Fsp3) is 0.375. The normalized spacial score (nSPS) is 10.7. The molecule has 20 heavy (non-hydrogen) atoms. The molecule has 1 aromatic rings. The van der Waals surface area contributed by atoms with Gasteiger partial charge >= 0.3 is 5.97 Å². The second kappa shape index (κ2) is 8.91. The lowest BCUT2D eigenvalue weighted by atomic mass is 10.1. The third-order valence-corrected chi connectivity index (χ3v) is 2.84. The third-order valence-electron chi connectivity index (χ3n) is 2.84. The fourth-order valence-electron chi connectivity index (χ4n) is 1.79. The van der Waals surface area contributed by atoms with E-state index in [-0.39, 0.29) is 12.3 Å². The Kier molecular flexibility index (Phi) is 7.11. The van der Waals surface area contributed by atoms with Crippen LogP contribution in [0.3, 0.4) is 0 Å². The van der Waals surface area contributed by atoms with Crippen LogP contribution in [-0.4, -0.2) is 23.5 Å². The maximum absolute atomic E-state index is 11.6. The van der Waals surface area contributed by atoms with Crippen molar-refractivity contribution in [1.29, 1.82) is 0 Å². The van der Waals surface area contributed by atoms with Crippen molar-refractivity contribution in [2.75, 3.05) is 6.54 Å². The number of unbranched alkanes of at least 4 members (excludes halogenated alkanes) is 2. The monoisotopic (exact) mass is 275 g/mol. The number of carboxylic acid groups (broad SMARTS) is 1. The molecule has 1 aromatic carbocycles. The van der Waals surface area contributed by atoms with Crippen LogP contribution >= 0.6 is 0 Å². The molecule has 0 unspecified atom stereocenters. The summed E-state index contributed by atoms with van der Waals surface area (Å²) in [5.74, 6) is -0.889. The molecule has 0 aliphatic rings. The molecule has 4 heteroatoms. The van der Waals surface area contributed by atoms with Gasteiger partial charge in [-0.3, -0.25) is 9.59 Å². The Hall–Kier alpha value is -2.10. The Labute approximate surface area is 119 Å². The standard InChI is InChI=1S/C16H21NO3/c1-13-6-5-7-14(12-13)9-10-15(18)17-11-4-2-3-8-16(19)20/h5-7,9-10,12H,2-4,8,11H2,1H3,(H,17,18)(H,19,20)/b10-9+. The molecule has 0 bridgehead atoms. The first-order valence-corrected chi connectivity index (χ1v) is 6.82. The van der Waals surface area contributed by atoms with Gasteiger partial charge in [0.05, 0.1) is 0 Å². The molecular weight excluding hydrogens is 254 g/mol. The first-order chi connectivity index (χ1) is 9.58. The van der Waals surface area contributed by atoms with E-state index in [1.165, 1.54) is 6.08 Å². The molecule has 2 N–H and O–H groups in total. The van der Waals surface area contributed by atoms with Crippen LogP contribution in [-0.2, 0) is 9.59 Å². The molecule has 0 aromatic heterocycles. The van der Waals surface area contributed by atoms with Crippen LogP contribution in [0.1, 0.15) is 36.8 Å². The lowest BCUT2D eigenvalue weighted by Crippen LogP contribution is -2.22. The van der Waals surface area contributed by atoms with E-state index in [1.54, 1.807) is 6.08 Å². The average Bonchev–Trinajstić information content (AvgIpc) is 2.40. The number of carbonyl (C=O) groups is 2. The van der Waals surface area contributed by atoms with E-state index in [9.17, 15) is 9.59 Å². The SMILES string of the molecule is Cc1cccc(/C=C/C(=O)NCCCCCC(=O)O)c1. The molecule has 0 heterocycles. The number of aryl methyl sites for hydroxylation is 1. The van der Waals surface area contributed by atoms with Crippen LogP contribution in [0.4, 0.5) is 0 Å². The number of benzene rings is 1. The first kappa shape index (κ1) is 16.0. The largest absolute Gasteiger partial charge is 0.481 e. The van der Waals surface area contributed by atoms with Gasteiger partial charge in [0.1, 0.15) is 0 Å². The highest BCUT2D eigenvalue weighted by Gasteiger charge is 1.98. The maximum Gasteiger partial charge on any atom is 0.303 e. The number of aliphatic carboxylic acids is 1. The van der Waals surface area contributed by atoms with Gasteiger partial charge in [0.2, 0.25) is 5.91 Å². The second-order valence-electron chi connectivity index (χ2n) is 4.74. The van der Waals surface area contributed by atoms with Gasteiger partial charge in [-0.05, 0) is 31.4 Å². The summed E-state index contributed by atoms with van der Waals surface area (Å²) in [6.45, 7) is 2.59. The Balaban J connectivity index is 2.18. The van der Waals surface area contributed by atoms with Crippen molar-refractivity contribution in [3.8, 4) is 0 Å². The summed E-state index contributed by atoms with van der Waals surface area (Å²) in [6.07, 6.45) is 5.77. The minimum Gasteiger partial charge on any atom is -0.481 e. The lowest BCUT2D eigenvalue weighted by molar-refractivity contribution is -0.137. The molecule has 0 spiro atoms. The summed E-state index contributed by atoms with van der Waals surface area (Å²) < 4.78 is 0. The molecule has 108 valence electrons. The van der Waals surface area contributed by atoms with E-state index < -0.39 is 5.97 Å². The van der Waals surface area contributed by atoms with Crippen molar-refractivity contribution >= 4 is 18.0 Å². The zero-order chi connectivity index (χ0) is 14.8. The topological polar surface area (TPSA) is 66.4 Å². The summed E-state index contributed by atoms with van der Waals surface area (Å²) >= 11 is 0. The molecule has 0 saturated carbocycles. The summed E-state index contributed by atoms with van der Waals surface area (Å²) in [5, 5.41) is 11.3. The number of rotatable bonds is 8. The number of hydrogen-bond acceptors (Lipinski definition) is 2. The highest BCUT2D eigenvalue weighted by atomic mass is 16.4. The third kappa shape index (κ3) is 7.36. The first-order valence-electron chi connectivity index (χ1n) is 6.82. The van der Waals surface area contributed by atoms with E-state index >= 15 is 0 Å². The predicted molar refractivity (Wildman–Crippen MR) is 79.3 cm³/mol. The van der Waals surface area contributed by atoms with Crippen molar-refractivity contribution in [1.82, 2.24) is 5.32 Å². The van der Waals surface area contributed by atoms with Crippen molar-refractivity contribution in [2.24, 2.45) is 0 Å². The van der Waals surface area contributed by atoms with Crippen LogP contribution in [0, 0.1) is 6.92 Å². The van der Waals surface area contributed by atoms with Crippen molar-refractivity contribution in [2.45, 2.75) is 32.6 Å².